The average molecular weight is 528 g/mol. The largest absolute Gasteiger partial charge is 0.489 e. The van der Waals surface area contributed by atoms with E-state index in [9.17, 15) is 4.79 Å². The summed E-state index contributed by atoms with van der Waals surface area (Å²) in [4.78, 5) is 24.1. The summed E-state index contributed by atoms with van der Waals surface area (Å²) in [5.41, 5.74) is 0.0850. The number of nitrogens with one attached hydrogen (secondary N) is 1. The fourth-order valence-electron chi connectivity index (χ4n) is 5.85. The molecule has 0 spiro atoms. The summed E-state index contributed by atoms with van der Waals surface area (Å²) in [6, 6.07) is 6.94. The molecule has 1 aliphatic heterocycles. The topological polar surface area (TPSA) is 121 Å². The number of halogens is 1. The first-order valence-electron chi connectivity index (χ1n) is 12.5. The van der Waals surface area contributed by atoms with Crippen LogP contribution in [0.2, 0.25) is 5.02 Å². The molecule has 2 N–H and O–H groups in total. The number of ether oxygens (including phenoxy) is 2. The second kappa shape index (κ2) is 10.8. The van der Waals surface area contributed by atoms with E-state index in [0.29, 0.717) is 34.5 Å². The van der Waals surface area contributed by atoms with E-state index in [1.807, 2.05) is 0 Å². The Bertz CT molecular complexity index is 1140. The number of benzene rings is 1. The molecule has 1 aliphatic carbocycles. The molecule has 37 heavy (non-hydrogen) atoms. The highest BCUT2D eigenvalue weighted by molar-refractivity contribution is 6.31. The molecule has 2 fully saturated rings. The van der Waals surface area contributed by atoms with Crippen LogP contribution in [0.3, 0.4) is 0 Å². The predicted molar refractivity (Wildman–Crippen MR) is 140 cm³/mol. The van der Waals surface area contributed by atoms with Crippen molar-refractivity contribution in [3.05, 3.63) is 46.7 Å². The Labute approximate surface area is 222 Å². The minimum Gasteiger partial charge on any atom is -0.489 e. The van der Waals surface area contributed by atoms with Crippen molar-refractivity contribution in [3.8, 4) is 11.8 Å². The smallest absolute Gasteiger partial charge is 0.254 e. The Kier molecular flexibility index (Phi) is 7.93. The highest BCUT2D eigenvalue weighted by Crippen LogP contribution is 2.55. The normalized spacial score (nSPS) is 22.6. The summed E-state index contributed by atoms with van der Waals surface area (Å²) in [5.74, 6) is 0.956. The van der Waals surface area contributed by atoms with Crippen LogP contribution in [-0.4, -0.2) is 65.5 Å². The van der Waals surface area contributed by atoms with Gasteiger partial charge in [0.25, 0.3) is 5.91 Å². The highest BCUT2D eigenvalue weighted by Gasteiger charge is 2.64. The molecule has 4 rings (SSSR count). The second-order valence-electron chi connectivity index (χ2n) is 10.9. The summed E-state index contributed by atoms with van der Waals surface area (Å²) < 4.78 is 11.9. The predicted octanol–water partition coefficient (Wildman–Crippen LogP) is 3.59. The van der Waals surface area contributed by atoms with Crippen LogP contribution in [0.25, 0.3) is 0 Å². The van der Waals surface area contributed by atoms with Crippen molar-refractivity contribution in [2.45, 2.75) is 58.8 Å². The van der Waals surface area contributed by atoms with Gasteiger partial charge in [0, 0.05) is 48.4 Å². The van der Waals surface area contributed by atoms with Crippen molar-refractivity contribution in [1.29, 1.82) is 5.26 Å². The number of carbonyl (C=O) groups is 1. The van der Waals surface area contributed by atoms with Gasteiger partial charge in [0.2, 0.25) is 5.95 Å². The zero-order valence-electron chi connectivity index (χ0n) is 21.7. The maximum absolute atomic E-state index is 13.1. The molecule has 0 bridgehead atoms. The van der Waals surface area contributed by atoms with Crippen LogP contribution in [0.5, 0.6) is 5.75 Å². The van der Waals surface area contributed by atoms with E-state index in [4.69, 9.17) is 31.4 Å². The summed E-state index contributed by atoms with van der Waals surface area (Å²) in [6.45, 7) is 10.2. The molecule has 1 aromatic heterocycles. The number of piperidine rings is 1. The van der Waals surface area contributed by atoms with Crippen LogP contribution in [0.1, 0.15) is 56.5 Å². The Morgan fingerprint density at radius 3 is 2.43 bits per heavy atom. The number of aliphatic hydroxyl groups excluding tert-OH is 1. The molecule has 1 saturated carbocycles. The number of nitriles is 1. The number of rotatable bonds is 8. The number of anilines is 1. The fourth-order valence-corrected chi connectivity index (χ4v) is 6.07. The van der Waals surface area contributed by atoms with Crippen LogP contribution in [0.4, 0.5) is 5.95 Å². The minimum absolute atomic E-state index is 0.0295. The molecule has 9 nitrogen and oxygen atoms in total. The molecule has 10 heteroatoms. The first-order valence-corrected chi connectivity index (χ1v) is 12.9. The Morgan fingerprint density at radius 2 is 1.86 bits per heavy atom. The number of hydrogen-bond donors (Lipinski definition) is 2. The Balaban J connectivity index is 1.36. The van der Waals surface area contributed by atoms with Crippen LogP contribution < -0.4 is 15.0 Å². The lowest BCUT2D eigenvalue weighted by atomic mass is 9.49. The minimum atomic E-state index is -0.358. The fraction of sp³-hybridized carbons (Fsp3) is 0.556. The molecule has 2 heterocycles. The van der Waals surface area contributed by atoms with Crippen molar-refractivity contribution >= 4 is 23.5 Å². The summed E-state index contributed by atoms with van der Waals surface area (Å²) >= 11 is 6.18. The van der Waals surface area contributed by atoms with E-state index >= 15 is 0 Å². The quantitative estimate of drug-likeness (QED) is 0.534. The highest BCUT2D eigenvalue weighted by atomic mass is 35.5. The third kappa shape index (κ3) is 5.52. The van der Waals surface area contributed by atoms with E-state index in [0.717, 1.165) is 25.9 Å². The maximum atomic E-state index is 13.1. The van der Waals surface area contributed by atoms with Crippen LogP contribution in [-0.2, 0) is 4.74 Å². The lowest BCUT2D eigenvalue weighted by Gasteiger charge is -2.63. The van der Waals surface area contributed by atoms with Gasteiger partial charge in [-0.15, -0.1) is 0 Å². The van der Waals surface area contributed by atoms with E-state index in [2.05, 4.69) is 53.9 Å². The van der Waals surface area contributed by atoms with Gasteiger partial charge in [-0.1, -0.05) is 39.3 Å². The monoisotopic (exact) mass is 527 g/mol. The van der Waals surface area contributed by atoms with Crippen molar-refractivity contribution in [3.63, 3.8) is 0 Å². The van der Waals surface area contributed by atoms with E-state index in [-0.39, 0.29) is 41.6 Å². The maximum Gasteiger partial charge on any atom is 0.254 e. The third-order valence-corrected chi connectivity index (χ3v) is 7.81. The number of nitrogens with zero attached hydrogens (tertiary/aromatic N) is 4. The molecule has 0 atom stereocenters. The number of hydrogen-bond acceptors (Lipinski definition) is 8. The number of amides is 1. The molecule has 1 aromatic carbocycles. The van der Waals surface area contributed by atoms with Gasteiger partial charge in [-0.2, -0.15) is 5.26 Å². The van der Waals surface area contributed by atoms with Gasteiger partial charge < -0.3 is 24.8 Å². The van der Waals surface area contributed by atoms with Crippen molar-refractivity contribution in [2.24, 2.45) is 10.8 Å². The SMILES string of the molecule is CC1(C)C(NC(=O)c2cnc(N3CCC(OCCO)CC3)nc2)C(C)(C)C1Oc1ccc(C#N)c(Cl)c1. The van der Waals surface area contributed by atoms with Crippen molar-refractivity contribution < 1.29 is 19.4 Å². The lowest BCUT2D eigenvalue weighted by molar-refractivity contribution is -0.164. The van der Waals surface area contributed by atoms with E-state index in [1.165, 1.54) is 0 Å². The Hall–Kier alpha value is -2.93. The number of aromatic nitrogens is 2. The van der Waals surface area contributed by atoms with Crippen LogP contribution in [0, 0.1) is 22.2 Å². The molecule has 1 saturated heterocycles. The molecule has 0 radical (unpaired) electrons. The lowest BCUT2D eigenvalue weighted by Crippen LogP contribution is -2.74. The standard InChI is InChI=1S/C27H34ClN5O4/c1-26(2)23(27(3,4)24(26)37-20-6-5-17(14-29)21(28)13-20)32-22(35)18-15-30-25(31-16-18)33-9-7-19(8-10-33)36-12-11-34/h5-6,13,15-16,19,23-24,34H,7-12H2,1-4H3,(H,32,35). The van der Waals surface area contributed by atoms with Gasteiger partial charge in [-0.3, -0.25) is 4.79 Å². The average Bonchev–Trinajstić information content (AvgIpc) is 2.89. The first-order chi connectivity index (χ1) is 17.6. The summed E-state index contributed by atoms with van der Waals surface area (Å²) in [6.07, 6.45) is 4.78. The summed E-state index contributed by atoms with van der Waals surface area (Å²) in [7, 11) is 0. The first kappa shape index (κ1) is 27.1. The van der Waals surface area contributed by atoms with Crippen molar-refractivity contribution in [1.82, 2.24) is 15.3 Å². The molecule has 2 aromatic rings. The van der Waals surface area contributed by atoms with Gasteiger partial charge in [0.15, 0.2) is 0 Å². The second-order valence-corrected chi connectivity index (χ2v) is 11.3. The van der Waals surface area contributed by atoms with Gasteiger partial charge in [-0.05, 0) is 25.0 Å². The summed E-state index contributed by atoms with van der Waals surface area (Å²) in [5, 5.41) is 21.5. The molecular formula is C27H34ClN5O4. The third-order valence-electron chi connectivity index (χ3n) is 7.50. The molecule has 2 aliphatic rings. The number of carbonyl (C=O) groups excluding carboxylic acids is 1. The number of aliphatic hydroxyl groups is 1. The molecule has 198 valence electrons. The van der Waals surface area contributed by atoms with E-state index in [1.54, 1.807) is 30.6 Å². The van der Waals surface area contributed by atoms with Crippen molar-refractivity contribution in [2.75, 3.05) is 31.2 Å². The Morgan fingerprint density at radius 1 is 1.22 bits per heavy atom. The van der Waals surface area contributed by atoms with Gasteiger partial charge >= 0.3 is 0 Å². The van der Waals surface area contributed by atoms with Crippen LogP contribution in [0.15, 0.2) is 30.6 Å². The molecule has 1 amide bonds. The zero-order valence-corrected chi connectivity index (χ0v) is 22.5. The van der Waals surface area contributed by atoms with E-state index < -0.39 is 0 Å². The van der Waals surface area contributed by atoms with Gasteiger partial charge in [0.1, 0.15) is 17.9 Å². The van der Waals surface area contributed by atoms with Gasteiger partial charge in [-0.25, -0.2) is 9.97 Å². The van der Waals surface area contributed by atoms with Crippen LogP contribution >= 0.6 is 11.6 Å². The molecular weight excluding hydrogens is 494 g/mol. The zero-order chi connectivity index (χ0) is 26.8. The molecule has 0 unspecified atom stereocenters. The van der Waals surface area contributed by atoms with Gasteiger partial charge in [0.05, 0.1) is 35.5 Å².